The fourth-order valence-corrected chi connectivity index (χ4v) is 1.80. The second-order valence-corrected chi connectivity index (χ2v) is 4.50. The highest BCUT2D eigenvalue weighted by Gasteiger charge is 2.28. The van der Waals surface area contributed by atoms with Crippen LogP contribution in [0.1, 0.15) is 12.5 Å². The van der Waals surface area contributed by atoms with E-state index in [2.05, 4.69) is 5.32 Å². The Morgan fingerprint density at radius 3 is 2.94 bits per heavy atom. The first-order valence-electron chi connectivity index (χ1n) is 5.93. The van der Waals surface area contributed by atoms with Gasteiger partial charge in [-0.1, -0.05) is 25.1 Å². The molecule has 0 aliphatic carbocycles. The smallest absolute Gasteiger partial charge is 0.261 e. The van der Waals surface area contributed by atoms with Crippen LogP contribution in [0.15, 0.2) is 24.3 Å². The molecule has 2 rings (SSSR count). The van der Waals surface area contributed by atoms with Gasteiger partial charge in [-0.25, -0.2) is 0 Å². The number of nitrogens with one attached hydrogen (secondary N) is 1. The molecule has 1 aliphatic heterocycles. The number of rotatable bonds is 4. The molecule has 1 aliphatic rings. The Morgan fingerprint density at radius 2 is 2.28 bits per heavy atom. The number of nitrogens with two attached hydrogens (primary N) is 1. The molecule has 0 saturated carbocycles. The molecule has 1 amide bonds. The molecule has 4 nitrogen and oxygen atoms in total. The van der Waals surface area contributed by atoms with E-state index in [4.69, 9.17) is 10.5 Å². The van der Waals surface area contributed by atoms with E-state index in [0.717, 1.165) is 11.3 Å². The molecule has 3 N–H and O–H groups in total. The number of benzene rings is 1. The molecule has 0 radical (unpaired) electrons. The van der Waals surface area contributed by atoms with Crippen molar-refractivity contribution in [2.24, 2.45) is 11.7 Å². The van der Waals surface area contributed by atoms with Gasteiger partial charge in [0.25, 0.3) is 5.91 Å². The number of hydrogen-bond acceptors (Lipinski definition) is 3. The SMILES string of the molecule is CC(CN)CNC(=O)C1Cc2ccccc2O1.Cl. The van der Waals surface area contributed by atoms with Gasteiger partial charge >= 0.3 is 0 Å². The van der Waals surface area contributed by atoms with Crippen molar-refractivity contribution in [2.75, 3.05) is 13.1 Å². The van der Waals surface area contributed by atoms with Crippen molar-refractivity contribution in [1.29, 1.82) is 0 Å². The van der Waals surface area contributed by atoms with E-state index in [1.807, 2.05) is 31.2 Å². The molecule has 18 heavy (non-hydrogen) atoms. The monoisotopic (exact) mass is 270 g/mol. The van der Waals surface area contributed by atoms with Gasteiger partial charge in [0.2, 0.25) is 0 Å². The van der Waals surface area contributed by atoms with Crippen LogP contribution in [-0.2, 0) is 11.2 Å². The standard InChI is InChI=1S/C13H18N2O2.ClH/c1-9(7-14)8-15-13(16)12-6-10-4-2-3-5-11(10)17-12;/h2-5,9,12H,6-8,14H2,1H3,(H,15,16);1H. The van der Waals surface area contributed by atoms with E-state index >= 15 is 0 Å². The van der Waals surface area contributed by atoms with Crippen LogP contribution < -0.4 is 15.8 Å². The minimum absolute atomic E-state index is 0. The Labute approximate surface area is 113 Å². The molecule has 1 heterocycles. The molecule has 0 saturated heterocycles. The lowest BCUT2D eigenvalue weighted by Crippen LogP contribution is -2.40. The van der Waals surface area contributed by atoms with Crippen LogP contribution in [0, 0.1) is 5.92 Å². The molecule has 1 aromatic rings. The Morgan fingerprint density at radius 1 is 1.56 bits per heavy atom. The van der Waals surface area contributed by atoms with Crippen LogP contribution >= 0.6 is 12.4 Å². The van der Waals surface area contributed by atoms with E-state index in [1.165, 1.54) is 0 Å². The lowest BCUT2D eigenvalue weighted by Gasteiger charge is -2.13. The highest BCUT2D eigenvalue weighted by Crippen LogP contribution is 2.27. The summed E-state index contributed by atoms with van der Waals surface area (Å²) in [5.74, 6) is 1.06. The van der Waals surface area contributed by atoms with Crippen LogP contribution in [0.2, 0.25) is 0 Å². The number of ether oxygens (including phenoxy) is 1. The zero-order valence-corrected chi connectivity index (χ0v) is 11.2. The van der Waals surface area contributed by atoms with Crippen molar-refractivity contribution in [3.05, 3.63) is 29.8 Å². The maximum absolute atomic E-state index is 11.9. The van der Waals surface area contributed by atoms with Gasteiger partial charge < -0.3 is 15.8 Å². The molecule has 0 bridgehead atoms. The van der Waals surface area contributed by atoms with Crippen molar-refractivity contribution >= 4 is 18.3 Å². The number of carbonyl (C=O) groups excluding carboxylic acids is 1. The number of fused-ring (bicyclic) bond motifs is 1. The van der Waals surface area contributed by atoms with Crippen molar-refractivity contribution < 1.29 is 9.53 Å². The summed E-state index contributed by atoms with van der Waals surface area (Å²) in [5.41, 5.74) is 6.59. The highest BCUT2D eigenvalue weighted by atomic mass is 35.5. The lowest BCUT2D eigenvalue weighted by molar-refractivity contribution is -0.127. The summed E-state index contributed by atoms with van der Waals surface area (Å²) in [6.07, 6.45) is 0.260. The fourth-order valence-electron chi connectivity index (χ4n) is 1.80. The van der Waals surface area contributed by atoms with Crippen LogP contribution in [0.5, 0.6) is 5.75 Å². The Bertz CT molecular complexity index is 387. The summed E-state index contributed by atoms with van der Waals surface area (Å²) in [6.45, 7) is 3.18. The molecule has 1 aromatic carbocycles. The molecule has 2 atom stereocenters. The fraction of sp³-hybridized carbons (Fsp3) is 0.462. The first kappa shape index (κ1) is 14.8. The predicted molar refractivity (Wildman–Crippen MR) is 73.0 cm³/mol. The molecule has 2 unspecified atom stereocenters. The van der Waals surface area contributed by atoms with Crippen molar-refractivity contribution in [3.8, 4) is 5.75 Å². The minimum Gasteiger partial charge on any atom is -0.480 e. The van der Waals surface area contributed by atoms with Gasteiger partial charge in [-0.15, -0.1) is 12.4 Å². The summed E-state index contributed by atoms with van der Waals surface area (Å²) < 4.78 is 5.59. The highest BCUT2D eigenvalue weighted by molar-refractivity contribution is 5.85. The van der Waals surface area contributed by atoms with Crippen LogP contribution in [0.3, 0.4) is 0 Å². The van der Waals surface area contributed by atoms with Gasteiger partial charge in [-0.2, -0.15) is 0 Å². The molecule has 0 spiro atoms. The predicted octanol–water partition coefficient (Wildman–Crippen LogP) is 1.12. The molecule has 0 fully saturated rings. The largest absolute Gasteiger partial charge is 0.480 e. The third kappa shape index (κ3) is 3.37. The zero-order valence-electron chi connectivity index (χ0n) is 10.4. The van der Waals surface area contributed by atoms with Gasteiger partial charge in [-0.05, 0) is 24.1 Å². The Balaban J connectivity index is 0.00000162. The van der Waals surface area contributed by atoms with Crippen molar-refractivity contribution in [1.82, 2.24) is 5.32 Å². The molecule has 5 heteroatoms. The molecular formula is C13H19ClN2O2. The van der Waals surface area contributed by atoms with E-state index in [1.54, 1.807) is 0 Å². The molecular weight excluding hydrogens is 252 g/mol. The number of halogens is 1. The van der Waals surface area contributed by atoms with Gasteiger partial charge in [0.1, 0.15) is 5.75 Å². The van der Waals surface area contributed by atoms with E-state index < -0.39 is 6.10 Å². The first-order chi connectivity index (χ1) is 8.20. The third-order valence-electron chi connectivity index (χ3n) is 2.97. The van der Waals surface area contributed by atoms with E-state index in [0.29, 0.717) is 25.4 Å². The third-order valence-corrected chi connectivity index (χ3v) is 2.97. The number of amides is 1. The van der Waals surface area contributed by atoms with Gasteiger partial charge in [0.15, 0.2) is 6.10 Å². The second-order valence-electron chi connectivity index (χ2n) is 4.50. The number of para-hydroxylation sites is 1. The van der Waals surface area contributed by atoms with Gasteiger partial charge in [-0.3, -0.25) is 4.79 Å². The summed E-state index contributed by atoms with van der Waals surface area (Å²) in [4.78, 5) is 11.9. The van der Waals surface area contributed by atoms with Crippen molar-refractivity contribution in [2.45, 2.75) is 19.4 Å². The number of hydrogen-bond donors (Lipinski definition) is 2. The average molecular weight is 271 g/mol. The zero-order chi connectivity index (χ0) is 12.3. The van der Waals surface area contributed by atoms with E-state index in [9.17, 15) is 4.79 Å². The first-order valence-corrected chi connectivity index (χ1v) is 5.93. The second kappa shape index (κ2) is 6.61. The van der Waals surface area contributed by atoms with Crippen LogP contribution in [0.4, 0.5) is 0 Å². The Hall–Kier alpha value is -1.26. The average Bonchev–Trinajstić information content (AvgIpc) is 2.79. The summed E-state index contributed by atoms with van der Waals surface area (Å²) in [7, 11) is 0. The minimum atomic E-state index is -0.391. The topological polar surface area (TPSA) is 64.3 Å². The lowest BCUT2D eigenvalue weighted by atomic mass is 10.1. The molecule has 100 valence electrons. The summed E-state index contributed by atoms with van der Waals surface area (Å²) in [6, 6.07) is 7.75. The van der Waals surface area contributed by atoms with E-state index in [-0.39, 0.29) is 18.3 Å². The maximum Gasteiger partial charge on any atom is 0.261 e. The maximum atomic E-state index is 11.9. The normalized spacial score (nSPS) is 18.2. The number of carbonyl (C=O) groups is 1. The summed E-state index contributed by atoms with van der Waals surface area (Å²) >= 11 is 0. The van der Waals surface area contributed by atoms with Gasteiger partial charge in [0.05, 0.1) is 0 Å². The van der Waals surface area contributed by atoms with Gasteiger partial charge in [0, 0.05) is 13.0 Å². The quantitative estimate of drug-likeness (QED) is 0.862. The molecule has 0 aromatic heterocycles. The Kier molecular flexibility index (Phi) is 5.44. The van der Waals surface area contributed by atoms with Crippen molar-refractivity contribution in [3.63, 3.8) is 0 Å². The summed E-state index contributed by atoms with van der Waals surface area (Å²) in [5, 5.41) is 2.87. The van der Waals surface area contributed by atoms with Crippen LogP contribution in [-0.4, -0.2) is 25.1 Å². The van der Waals surface area contributed by atoms with Crippen LogP contribution in [0.25, 0.3) is 0 Å².